The minimum Gasteiger partial charge on any atom is -0.465 e. The molecule has 2 aliphatic rings. The van der Waals surface area contributed by atoms with Gasteiger partial charge in [-0.05, 0) is 38.7 Å². The van der Waals surface area contributed by atoms with Crippen LogP contribution in [0.25, 0.3) is 0 Å². The number of hydrogen-bond acceptors (Lipinski definition) is 5. The van der Waals surface area contributed by atoms with Crippen LogP contribution in [0, 0.1) is 19.8 Å². The van der Waals surface area contributed by atoms with E-state index in [9.17, 15) is 13.5 Å². The Labute approximate surface area is 131 Å². The fourth-order valence-corrected chi connectivity index (χ4v) is 4.69. The van der Waals surface area contributed by atoms with Crippen LogP contribution >= 0.6 is 0 Å². The maximum atomic E-state index is 12.7. The molecular weight excluding hydrogens is 304 g/mol. The lowest BCUT2D eigenvalue weighted by Gasteiger charge is -2.34. The molecular formula is C15H24N2O4S. The van der Waals surface area contributed by atoms with Crippen LogP contribution in [0.15, 0.2) is 15.4 Å². The zero-order valence-corrected chi connectivity index (χ0v) is 14.0. The number of furan rings is 1. The standard InChI is InChI=1S/C15H24N2O4S/c1-11-9-15(12(2)21-11)22(19,20)17-7-5-16(6-8-17)10-14(18)13-3-4-13/h9,13-14,18H,3-8,10H2,1-2H3. The first-order chi connectivity index (χ1) is 10.4. The molecule has 0 radical (unpaired) electrons. The first-order valence-electron chi connectivity index (χ1n) is 7.85. The zero-order chi connectivity index (χ0) is 15.9. The third-order valence-corrected chi connectivity index (χ3v) is 6.56. The van der Waals surface area contributed by atoms with Crippen molar-refractivity contribution in [1.82, 2.24) is 9.21 Å². The summed E-state index contributed by atoms with van der Waals surface area (Å²) in [6.45, 7) is 6.35. The average molecular weight is 328 g/mol. The minimum absolute atomic E-state index is 0.262. The predicted octanol–water partition coefficient (Wildman–Crippen LogP) is 0.974. The second-order valence-electron chi connectivity index (χ2n) is 6.39. The Morgan fingerprint density at radius 3 is 2.41 bits per heavy atom. The van der Waals surface area contributed by atoms with Crippen molar-refractivity contribution >= 4 is 10.0 Å². The van der Waals surface area contributed by atoms with Crippen molar-refractivity contribution in [2.75, 3.05) is 32.7 Å². The van der Waals surface area contributed by atoms with Gasteiger partial charge in [-0.3, -0.25) is 4.90 Å². The van der Waals surface area contributed by atoms with Crippen LogP contribution in [0.1, 0.15) is 24.4 Å². The second kappa shape index (κ2) is 5.96. The van der Waals surface area contributed by atoms with E-state index in [2.05, 4.69) is 4.90 Å². The van der Waals surface area contributed by atoms with E-state index < -0.39 is 10.0 Å². The van der Waals surface area contributed by atoms with Crippen LogP contribution in [-0.2, 0) is 10.0 Å². The van der Waals surface area contributed by atoms with E-state index in [1.807, 2.05) is 0 Å². The Kier molecular flexibility index (Phi) is 4.33. The van der Waals surface area contributed by atoms with E-state index >= 15 is 0 Å². The van der Waals surface area contributed by atoms with Gasteiger partial charge in [-0.15, -0.1) is 0 Å². The molecule has 1 aliphatic carbocycles. The maximum Gasteiger partial charge on any atom is 0.246 e. The molecule has 22 heavy (non-hydrogen) atoms. The third kappa shape index (κ3) is 3.22. The van der Waals surface area contributed by atoms with Gasteiger partial charge in [0.1, 0.15) is 16.4 Å². The Morgan fingerprint density at radius 1 is 1.27 bits per heavy atom. The number of nitrogens with zero attached hydrogens (tertiary/aromatic N) is 2. The SMILES string of the molecule is Cc1cc(S(=O)(=O)N2CCN(CC(O)C3CC3)CC2)c(C)o1. The summed E-state index contributed by atoms with van der Waals surface area (Å²) in [5.74, 6) is 1.52. The number of aliphatic hydroxyl groups excluding tert-OH is 1. The summed E-state index contributed by atoms with van der Waals surface area (Å²) in [6.07, 6.45) is 1.98. The lowest BCUT2D eigenvalue weighted by atomic mass is 10.2. The summed E-state index contributed by atoms with van der Waals surface area (Å²) in [5.41, 5.74) is 0. The predicted molar refractivity (Wildman–Crippen MR) is 82.1 cm³/mol. The van der Waals surface area contributed by atoms with Gasteiger partial charge in [0, 0.05) is 32.7 Å². The van der Waals surface area contributed by atoms with Crippen LogP contribution in [0.4, 0.5) is 0 Å². The molecule has 0 aromatic carbocycles. The number of aliphatic hydroxyl groups is 1. The maximum absolute atomic E-state index is 12.7. The quantitative estimate of drug-likeness (QED) is 0.872. The zero-order valence-electron chi connectivity index (χ0n) is 13.2. The van der Waals surface area contributed by atoms with E-state index in [4.69, 9.17) is 4.42 Å². The first-order valence-corrected chi connectivity index (χ1v) is 9.29. The molecule has 1 saturated heterocycles. The van der Waals surface area contributed by atoms with Crippen LogP contribution < -0.4 is 0 Å². The van der Waals surface area contributed by atoms with Crippen LogP contribution in [-0.4, -0.2) is 61.6 Å². The number of β-amino-alcohol motifs (C(OH)–C–C–N with tert-alkyl or cyclic N) is 1. The van der Waals surface area contributed by atoms with E-state index in [1.165, 1.54) is 4.31 Å². The largest absolute Gasteiger partial charge is 0.465 e. The molecule has 1 aromatic rings. The van der Waals surface area contributed by atoms with Gasteiger partial charge in [-0.2, -0.15) is 4.31 Å². The smallest absolute Gasteiger partial charge is 0.246 e. The van der Waals surface area contributed by atoms with Crippen molar-refractivity contribution < 1.29 is 17.9 Å². The summed E-state index contributed by atoms with van der Waals surface area (Å²) in [6, 6.07) is 1.59. The van der Waals surface area contributed by atoms with Crippen LogP contribution in [0.5, 0.6) is 0 Å². The van der Waals surface area contributed by atoms with E-state index in [0.717, 1.165) is 12.8 Å². The monoisotopic (exact) mass is 328 g/mol. The molecule has 7 heteroatoms. The number of rotatable bonds is 5. The number of piperazine rings is 1. The van der Waals surface area contributed by atoms with Gasteiger partial charge in [-0.25, -0.2) is 8.42 Å². The molecule has 2 heterocycles. The van der Waals surface area contributed by atoms with Crippen molar-refractivity contribution in [2.45, 2.75) is 37.7 Å². The Hall–Kier alpha value is -0.890. The number of sulfonamides is 1. The van der Waals surface area contributed by atoms with Gasteiger partial charge in [0.05, 0.1) is 6.10 Å². The summed E-state index contributed by atoms with van der Waals surface area (Å²) in [7, 11) is -3.48. The molecule has 2 fully saturated rings. The highest BCUT2D eigenvalue weighted by Gasteiger charge is 2.34. The molecule has 1 N–H and O–H groups in total. The Balaban J connectivity index is 1.61. The normalized spacial score (nSPS) is 22.9. The molecule has 0 amide bonds. The highest BCUT2D eigenvalue weighted by Crippen LogP contribution is 2.33. The summed E-state index contributed by atoms with van der Waals surface area (Å²) in [4.78, 5) is 2.43. The molecule has 124 valence electrons. The summed E-state index contributed by atoms with van der Waals surface area (Å²) >= 11 is 0. The third-order valence-electron chi connectivity index (χ3n) is 4.56. The molecule has 1 unspecified atom stereocenters. The van der Waals surface area contributed by atoms with Gasteiger partial charge in [0.2, 0.25) is 10.0 Å². The van der Waals surface area contributed by atoms with E-state index in [0.29, 0.717) is 50.2 Å². The van der Waals surface area contributed by atoms with Crippen molar-refractivity contribution in [3.8, 4) is 0 Å². The fourth-order valence-electron chi connectivity index (χ4n) is 3.05. The van der Waals surface area contributed by atoms with Gasteiger partial charge in [0.15, 0.2) is 0 Å². The molecule has 1 atom stereocenters. The molecule has 1 saturated carbocycles. The molecule has 6 nitrogen and oxygen atoms in total. The van der Waals surface area contributed by atoms with Gasteiger partial charge in [0.25, 0.3) is 0 Å². The highest BCUT2D eigenvalue weighted by molar-refractivity contribution is 7.89. The Morgan fingerprint density at radius 2 is 1.91 bits per heavy atom. The van der Waals surface area contributed by atoms with Crippen LogP contribution in [0.2, 0.25) is 0 Å². The second-order valence-corrected chi connectivity index (χ2v) is 8.29. The highest BCUT2D eigenvalue weighted by atomic mass is 32.2. The van der Waals surface area contributed by atoms with Crippen LogP contribution in [0.3, 0.4) is 0 Å². The molecule has 0 bridgehead atoms. The van der Waals surface area contributed by atoms with Gasteiger partial charge < -0.3 is 9.52 Å². The number of aryl methyl sites for hydroxylation is 2. The molecule has 0 spiro atoms. The lowest BCUT2D eigenvalue weighted by molar-refractivity contribution is 0.0782. The van der Waals surface area contributed by atoms with Gasteiger partial charge >= 0.3 is 0 Å². The van der Waals surface area contributed by atoms with Crippen molar-refractivity contribution in [2.24, 2.45) is 5.92 Å². The molecule has 3 rings (SSSR count). The topological polar surface area (TPSA) is 74.0 Å². The molecule has 1 aliphatic heterocycles. The first kappa shape index (κ1) is 16.0. The Bertz CT molecular complexity index is 628. The van der Waals surface area contributed by atoms with Crippen molar-refractivity contribution in [1.29, 1.82) is 0 Å². The summed E-state index contributed by atoms with van der Waals surface area (Å²) < 4.78 is 32.2. The summed E-state index contributed by atoms with van der Waals surface area (Å²) in [5, 5.41) is 10.00. The molecule has 1 aromatic heterocycles. The number of hydrogen-bond donors (Lipinski definition) is 1. The van der Waals surface area contributed by atoms with E-state index in [-0.39, 0.29) is 11.0 Å². The van der Waals surface area contributed by atoms with Crippen molar-refractivity contribution in [3.05, 3.63) is 17.6 Å². The van der Waals surface area contributed by atoms with Crippen molar-refractivity contribution in [3.63, 3.8) is 0 Å². The lowest BCUT2D eigenvalue weighted by Crippen LogP contribution is -2.50. The van der Waals surface area contributed by atoms with E-state index in [1.54, 1.807) is 19.9 Å². The average Bonchev–Trinajstić information content (AvgIpc) is 3.25. The van der Waals surface area contributed by atoms with Gasteiger partial charge in [-0.1, -0.05) is 0 Å². The minimum atomic E-state index is -3.48. The fraction of sp³-hybridized carbons (Fsp3) is 0.733.